The Hall–Kier alpha value is -1.75. The molecule has 0 unspecified atom stereocenters. The average molecular weight is 317 g/mol. The molecule has 0 aliphatic heterocycles. The fourth-order valence-corrected chi connectivity index (χ4v) is 2.69. The van der Waals surface area contributed by atoms with Crippen molar-refractivity contribution in [1.29, 1.82) is 0 Å². The maximum atomic E-state index is 11.8. The molecule has 2 rings (SSSR count). The Kier molecular flexibility index (Phi) is 6.07. The second-order valence-electron chi connectivity index (χ2n) is 5.71. The van der Waals surface area contributed by atoms with E-state index in [1.54, 1.807) is 18.0 Å². The molecule has 0 saturated carbocycles. The number of amides is 1. The molecule has 0 fully saturated rings. The molecule has 1 aromatic carbocycles. The van der Waals surface area contributed by atoms with Crippen LogP contribution in [0.2, 0.25) is 0 Å². The van der Waals surface area contributed by atoms with Crippen LogP contribution >= 0.6 is 11.8 Å². The third-order valence-electron chi connectivity index (χ3n) is 3.60. The van der Waals surface area contributed by atoms with Crippen LogP contribution in [-0.4, -0.2) is 27.5 Å². The zero-order valence-electron chi connectivity index (χ0n) is 13.3. The number of carbonyl (C=O) groups excluding carboxylic acids is 1. The first-order valence-electron chi connectivity index (χ1n) is 7.52. The largest absolute Gasteiger partial charge is 0.353 e. The minimum absolute atomic E-state index is 0.111. The summed E-state index contributed by atoms with van der Waals surface area (Å²) in [6.07, 6.45) is 3.69. The lowest BCUT2D eigenvalue weighted by molar-refractivity contribution is -0.119. The number of nitrogens with zero attached hydrogens (tertiary/aromatic N) is 2. The van der Waals surface area contributed by atoms with Gasteiger partial charge in [0.15, 0.2) is 0 Å². The third-order valence-corrected chi connectivity index (χ3v) is 4.60. The van der Waals surface area contributed by atoms with Crippen LogP contribution in [-0.2, 0) is 10.5 Å². The fraction of sp³-hybridized carbons (Fsp3) is 0.412. The van der Waals surface area contributed by atoms with Crippen molar-refractivity contribution < 1.29 is 4.79 Å². The SMILES string of the molecule is CC(C)[C@H](C)NC(=O)CSCc1ccc(-n2cccn2)cc1. The van der Waals surface area contributed by atoms with E-state index in [0.29, 0.717) is 11.7 Å². The quantitative estimate of drug-likeness (QED) is 0.852. The lowest BCUT2D eigenvalue weighted by Gasteiger charge is -2.17. The Morgan fingerprint density at radius 2 is 2.00 bits per heavy atom. The Morgan fingerprint density at radius 1 is 1.27 bits per heavy atom. The number of hydrogen-bond acceptors (Lipinski definition) is 3. The van der Waals surface area contributed by atoms with Gasteiger partial charge in [0.05, 0.1) is 11.4 Å². The average Bonchev–Trinajstić information content (AvgIpc) is 3.02. The van der Waals surface area contributed by atoms with Gasteiger partial charge in [0, 0.05) is 24.2 Å². The van der Waals surface area contributed by atoms with E-state index in [0.717, 1.165) is 11.4 Å². The summed E-state index contributed by atoms with van der Waals surface area (Å²) in [6.45, 7) is 6.26. The second-order valence-corrected chi connectivity index (χ2v) is 6.70. The zero-order chi connectivity index (χ0) is 15.9. The van der Waals surface area contributed by atoms with Gasteiger partial charge in [-0.25, -0.2) is 4.68 Å². The van der Waals surface area contributed by atoms with Crippen LogP contribution < -0.4 is 5.32 Å². The molecule has 1 amide bonds. The van der Waals surface area contributed by atoms with Crippen LogP contribution in [0.25, 0.3) is 5.69 Å². The Labute approximate surface area is 136 Å². The van der Waals surface area contributed by atoms with Gasteiger partial charge in [-0.05, 0) is 36.6 Å². The molecule has 1 aromatic heterocycles. The van der Waals surface area contributed by atoms with Gasteiger partial charge in [-0.2, -0.15) is 5.10 Å². The number of aromatic nitrogens is 2. The molecule has 1 heterocycles. The van der Waals surface area contributed by atoms with Crippen LogP contribution in [0.15, 0.2) is 42.7 Å². The summed E-state index contributed by atoms with van der Waals surface area (Å²) < 4.78 is 1.83. The first-order valence-corrected chi connectivity index (χ1v) is 8.68. The summed E-state index contributed by atoms with van der Waals surface area (Å²) in [5, 5.41) is 7.22. The molecule has 118 valence electrons. The van der Waals surface area contributed by atoms with Crippen LogP contribution in [0.3, 0.4) is 0 Å². The Bertz CT molecular complexity index is 578. The molecule has 0 aliphatic carbocycles. The molecule has 0 saturated heterocycles. The smallest absolute Gasteiger partial charge is 0.230 e. The van der Waals surface area contributed by atoms with E-state index in [1.165, 1.54) is 5.56 Å². The standard InChI is InChI=1S/C17H23N3OS/c1-13(2)14(3)19-17(21)12-22-11-15-5-7-16(8-6-15)20-10-4-9-18-20/h4-10,13-14H,11-12H2,1-3H3,(H,19,21)/t14-/m0/s1. The normalized spacial score (nSPS) is 12.4. The first-order chi connectivity index (χ1) is 10.6. The summed E-state index contributed by atoms with van der Waals surface area (Å²) in [5.74, 6) is 1.91. The molecule has 1 N–H and O–H groups in total. The lowest BCUT2D eigenvalue weighted by Crippen LogP contribution is -2.37. The van der Waals surface area contributed by atoms with E-state index in [9.17, 15) is 4.79 Å². The molecule has 0 bridgehead atoms. The van der Waals surface area contributed by atoms with E-state index < -0.39 is 0 Å². The minimum Gasteiger partial charge on any atom is -0.353 e. The summed E-state index contributed by atoms with van der Waals surface area (Å²) in [6, 6.07) is 10.4. The molecule has 0 aliphatic rings. The highest BCUT2D eigenvalue weighted by Gasteiger charge is 2.10. The molecule has 1 atom stereocenters. The highest BCUT2D eigenvalue weighted by molar-refractivity contribution is 7.99. The van der Waals surface area contributed by atoms with Crippen molar-refractivity contribution >= 4 is 17.7 Å². The van der Waals surface area contributed by atoms with E-state index in [2.05, 4.69) is 36.4 Å². The number of benzene rings is 1. The van der Waals surface area contributed by atoms with Crippen molar-refractivity contribution in [3.63, 3.8) is 0 Å². The van der Waals surface area contributed by atoms with Gasteiger partial charge in [-0.1, -0.05) is 26.0 Å². The maximum Gasteiger partial charge on any atom is 0.230 e. The number of hydrogen-bond donors (Lipinski definition) is 1. The third kappa shape index (κ3) is 4.91. The first kappa shape index (κ1) is 16.6. The van der Waals surface area contributed by atoms with Crippen LogP contribution in [0.4, 0.5) is 0 Å². The number of thioether (sulfide) groups is 1. The highest BCUT2D eigenvalue weighted by atomic mass is 32.2. The summed E-state index contributed by atoms with van der Waals surface area (Å²) in [4.78, 5) is 11.8. The van der Waals surface area contributed by atoms with E-state index in [4.69, 9.17) is 0 Å². The molecule has 2 aromatic rings. The maximum absolute atomic E-state index is 11.8. The van der Waals surface area contributed by atoms with Crippen molar-refractivity contribution in [2.24, 2.45) is 5.92 Å². The zero-order valence-corrected chi connectivity index (χ0v) is 14.1. The van der Waals surface area contributed by atoms with Crippen molar-refractivity contribution in [2.75, 3.05) is 5.75 Å². The molecule has 22 heavy (non-hydrogen) atoms. The molecule has 0 radical (unpaired) electrons. The molecule has 5 heteroatoms. The number of carbonyl (C=O) groups is 1. The highest BCUT2D eigenvalue weighted by Crippen LogP contribution is 2.15. The van der Waals surface area contributed by atoms with Crippen LogP contribution in [0.5, 0.6) is 0 Å². The minimum atomic E-state index is 0.111. The van der Waals surface area contributed by atoms with Crippen molar-refractivity contribution in [3.05, 3.63) is 48.3 Å². The molecular formula is C17H23N3OS. The van der Waals surface area contributed by atoms with Crippen molar-refractivity contribution in [3.8, 4) is 5.69 Å². The van der Waals surface area contributed by atoms with Gasteiger partial charge in [-0.3, -0.25) is 4.79 Å². The van der Waals surface area contributed by atoms with Gasteiger partial charge >= 0.3 is 0 Å². The lowest BCUT2D eigenvalue weighted by atomic mass is 10.1. The van der Waals surface area contributed by atoms with Gasteiger partial charge in [0.25, 0.3) is 0 Å². The van der Waals surface area contributed by atoms with Gasteiger partial charge in [0.1, 0.15) is 0 Å². The van der Waals surface area contributed by atoms with Gasteiger partial charge in [0.2, 0.25) is 5.91 Å². The van der Waals surface area contributed by atoms with Crippen molar-refractivity contribution in [2.45, 2.75) is 32.6 Å². The van der Waals surface area contributed by atoms with Gasteiger partial charge in [-0.15, -0.1) is 11.8 Å². The Morgan fingerprint density at radius 3 is 2.59 bits per heavy atom. The Balaban J connectivity index is 1.76. The fourth-order valence-electron chi connectivity index (χ4n) is 1.89. The van der Waals surface area contributed by atoms with E-state index >= 15 is 0 Å². The molecular weight excluding hydrogens is 294 g/mol. The van der Waals surface area contributed by atoms with Gasteiger partial charge < -0.3 is 5.32 Å². The summed E-state index contributed by atoms with van der Waals surface area (Å²) in [7, 11) is 0. The monoisotopic (exact) mass is 317 g/mol. The second kappa shape index (κ2) is 8.03. The predicted octanol–water partition coefficient (Wildman–Crippen LogP) is 3.27. The van der Waals surface area contributed by atoms with Crippen LogP contribution in [0, 0.1) is 5.92 Å². The predicted molar refractivity (Wildman–Crippen MR) is 92.2 cm³/mol. The molecule has 0 spiro atoms. The molecule has 4 nitrogen and oxygen atoms in total. The van der Waals surface area contributed by atoms with E-state index in [1.807, 2.05) is 36.0 Å². The van der Waals surface area contributed by atoms with E-state index in [-0.39, 0.29) is 11.9 Å². The number of nitrogens with one attached hydrogen (secondary N) is 1. The number of rotatable bonds is 7. The van der Waals surface area contributed by atoms with Crippen molar-refractivity contribution in [1.82, 2.24) is 15.1 Å². The van der Waals surface area contributed by atoms with Crippen LogP contribution in [0.1, 0.15) is 26.3 Å². The summed E-state index contributed by atoms with van der Waals surface area (Å²) in [5.41, 5.74) is 2.26. The topological polar surface area (TPSA) is 46.9 Å². The summed E-state index contributed by atoms with van der Waals surface area (Å²) >= 11 is 1.64.